The standard InChI is InChI=1S/C30H42O5/c1-29(2,3)20-10-11-25(24(18-20)30(4,5)6)33-14-15-34-27(31)12-13-28(32)35-26-17-19-16-23(26)22-9-7-8-21(19)22/h10-13,18-19,21-23,26H,7-9,14-17H2,1-6H3. The molecule has 3 aliphatic rings. The predicted molar refractivity (Wildman–Crippen MR) is 136 cm³/mol. The molecule has 0 saturated heterocycles. The molecule has 0 aliphatic heterocycles. The van der Waals surface area contributed by atoms with Crippen molar-refractivity contribution in [2.75, 3.05) is 13.2 Å². The molecule has 0 spiro atoms. The summed E-state index contributed by atoms with van der Waals surface area (Å²) < 4.78 is 16.9. The third-order valence-corrected chi connectivity index (χ3v) is 8.23. The molecule has 0 aromatic heterocycles. The van der Waals surface area contributed by atoms with E-state index in [1.807, 2.05) is 6.07 Å². The van der Waals surface area contributed by atoms with E-state index in [2.05, 4.69) is 53.7 Å². The zero-order valence-corrected chi connectivity index (χ0v) is 22.3. The Labute approximate surface area is 210 Å². The van der Waals surface area contributed by atoms with Crippen LogP contribution in [-0.4, -0.2) is 31.3 Å². The van der Waals surface area contributed by atoms with Crippen molar-refractivity contribution in [3.63, 3.8) is 0 Å². The first-order chi connectivity index (χ1) is 16.4. The molecule has 3 saturated carbocycles. The molecule has 5 nitrogen and oxygen atoms in total. The summed E-state index contributed by atoms with van der Waals surface area (Å²) in [7, 11) is 0. The number of carbonyl (C=O) groups is 2. The first-order valence-corrected chi connectivity index (χ1v) is 13.3. The average Bonchev–Trinajstić information content (AvgIpc) is 3.48. The lowest BCUT2D eigenvalue weighted by atomic mass is 9.80. The lowest BCUT2D eigenvalue weighted by molar-refractivity contribution is -0.147. The van der Waals surface area contributed by atoms with E-state index in [-0.39, 0.29) is 30.1 Å². The minimum Gasteiger partial charge on any atom is -0.490 e. The van der Waals surface area contributed by atoms with Crippen LogP contribution in [0.5, 0.6) is 5.75 Å². The molecule has 1 aromatic carbocycles. The Bertz CT molecular complexity index is 964. The second kappa shape index (κ2) is 9.99. The van der Waals surface area contributed by atoms with Crippen LogP contribution in [0.15, 0.2) is 30.4 Å². The highest BCUT2D eigenvalue weighted by Crippen LogP contribution is 2.59. The van der Waals surface area contributed by atoms with Crippen molar-refractivity contribution in [3.8, 4) is 5.75 Å². The van der Waals surface area contributed by atoms with Gasteiger partial charge >= 0.3 is 11.9 Å². The molecule has 5 unspecified atom stereocenters. The summed E-state index contributed by atoms with van der Waals surface area (Å²) in [5.74, 6) is 2.64. The molecule has 3 aliphatic carbocycles. The van der Waals surface area contributed by atoms with E-state index in [1.165, 1.54) is 37.3 Å². The fraction of sp³-hybridized carbons (Fsp3) is 0.667. The highest BCUT2D eigenvalue weighted by atomic mass is 16.6. The minimum absolute atomic E-state index is 0.0163. The van der Waals surface area contributed by atoms with E-state index in [0.29, 0.717) is 5.92 Å². The van der Waals surface area contributed by atoms with Gasteiger partial charge in [0.2, 0.25) is 0 Å². The van der Waals surface area contributed by atoms with Crippen molar-refractivity contribution >= 4 is 11.9 Å². The van der Waals surface area contributed by atoms with Gasteiger partial charge in [-0.3, -0.25) is 0 Å². The van der Waals surface area contributed by atoms with Crippen molar-refractivity contribution < 1.29 is 23.8 Å². The Morgan fingerprint density at radius 1 is 0.886 bits per heavy atom. The van der Waals surface area contributed by atoms with Gasteiger partial charge in [-0.25, -0.2) is 9.59 Å². The first-order valence-electron chi connectivity index (χ1n) is 13.3. The van der Waals surface area contributed by atoms with Gasteiger partial charge in [0.1, 0.15) is 25.1 Å². The Balaban J connectivity index is 1.21. The maximum Gasteiger partial charge on any atom is 0.331 e. The Morgan fingerprint density at radius 3 is 2.31 bits per heavy atom. The molecule has 0 radical (unpaired) electrons. The van der Waals surface area contributed by atoms with E-state index in [4.69, 9.17) is 14.2 Å². The smallest absolute Gasteiger partial charge is 0.331 e. The number of esters is 2. The summed E-state index contributed by atoms with van der Waals surface area (Å²) in [6, 6.07) is 6.30. The van der Waals surface area contributed by atoms with Crippen LogP contribution in [-0.2, 0) is 29.9 Å². The summed E-state index contributed by atoms with van der Waals surface area (Å²) in [5.41, 5.74) is 2.36. The number of rotatable bonds is 7. The van der Waals surface area contributed by atoms with E-state index < -0.39 is 11.9 Å². The molecule has 0 heterocycles. The van der Waals surface area contributed by atoms with Crippen LogP contribution in [0.1, 0.15) is 84.8 Å². The third-order valence-electron chi connectivity index (χ3n) is 8.23. The van der Waals surface area contributed by atoms with Gasteiger partial charge in [0.25, 0.3) is 0 Å². The topological polar surface area (TPSA) is 61.8 Å². The van der Waals surface area contributed by atoms with E-state index in [9.17, 15) is 9.59 Å². The Kier molecular flexibility index (Phi) is 7.36. The van der Waals surface area contributed by atoms with Crippen molar-refractivity contribution in [3.05, 3.63) is 41.5 Å². The molecule has 0 amide bonds. The molecular formula is C30H42O5. The van der Waals surface area contributed by atoms with Crippen LogP contribution in [0.25, 0.3) is 0 Å². The zero-order valence-electron chi connectivity index (χ0n) is 22.3. The number of hydrogen-bond acceptors (Lipinski definition) is 5. The maximum atomic E-state index is 12.3. The SMILES string of the molecule is CC(C)(C)c1ccc(OCCOC(=O)C=CC(=O)OC2CC3CC2C2CCCC32)c(C(C)(C)C)c1. The van der Waals surface area contributed by atoms with Crippen LogP contribution < -0.4 is 4.74 Å². The van der Waals surface area contributed by atoms with Gasteiger partial charge in [-0.05, 0) is 77.4 Å². The van der Waals surface area contributed by atoms with Gasteiger partial charge < -0.3 is 14.2 Å². The van der Waals surface area contributed by atoms with Gasteiger partial charge in [-0.2, -0.15) is 0 Å². The lowest BCUT2D eigenvalue weighted by Crippen LogP contribution is -2.31. The first kappa shape index (κ1) is 25.8. The fourth-order valence-corrected chi connectivity index (χ4v) is 6.52. The molecular weight excluding hydrogens is 440 g/mol. The summed E-state index contributed by atoms with van der Waals surface area (Å²) in [6.45, 7) is 13.4. The fourth-order valence-electron chi connectivity index (χ4n) is 6.52. The third kappa shape index (κ3) is 5.92. The van der Waals surface area contributed by atoms with Gasteiger partial charge in [-0.1, -0.05) is 60.1 Å². The Morgan fingerprint density at radius 2 is 1.60 bits per heavy atom. The van der Waals surface area contributed by atoms with Crippen molar-refractivity contribution in [1.82, 2.24) is 0 Å². The molecule has 2 bridgehead atoms. The monoisotopic (exact) mass is 482 g/mol. The number of carbonyl (C=O) groups excluding carboxylic acids is 2. The molecule has 5 atom stereocenters. The summed E-state index contributed by atoms with van der Waals surface area (Å²) in [6.07, 6.45) is 8.51. The minimum atomic E-state index is -0.562. The molecule has 3 fully saturated rings. The highest BCUT2D eigenvalue weighted by Gasteiger charge is 2.55. The molecule has 5 heteroatoms. The lowest BCUT2D eigenvalue weighted by Gasteiger charge is -2.30. The maximum absolute atomic E-state index is 12.3. The van der Waals surface area contributed by atoms with Crippen molar-refractivity contribution in [2.45, 2.75) is 90.6 Å². The quantitative estimate of drug-likeness (QED) is 0.266. The van der Waals surface area contributed by atoms with E-state index in [1.54, 1.807) is 0 Å². The number of benzene rings is 1. The van der Waals surface area contributed by atoms with E-state index >= 15 is 0 Å². The Hall–Kier alpha value is -2.30. The van der Waals surface area contributed by atoms with Crippen molar-refractivity contribution in [1.29, 1.82) is 0 Å². The van der Waals surface area contributed by atoms with Crippen LogP contribution in [0.3, 0.4) is 0 Å². The molecule has 0 N–H and O–H groups in total. The average molecular weight is 483 g/mol. The number of ether oxygens (including phenoxy) is 3. The van der Waals surface area contributed by atoms with Crippen LogP contribution in [0.2, 0.25) is 0 Å². The number of hydrogen-bond donors (Lipinski definition) is 0. The highest BCUT2D eigenvalue weighted by molar-refractivity contribution is 5.91. The second-order valence-corrected chi connectivity index (χ2v) is 12.7. The second-order valence-electron chi connectivity index (χ2n) is 12.7. The van der Waals surface area contributed by atoms with Gasteiger partial charge in [0.05, 0.1) is 0 Å². The molecule has 35 heavy (non-hydrogen) atoms. The molecule has 1 aromatic rings. The van der Waals surface area contributed by atoms with Crippen LogP contribution >= 0.6 is 0 Å². The summed E-state index contributed by atoms with van der Waals surface area (Å²) in [5, 5.41) is 0. The summed E-state index contributed by atoms with van der Waals surface area (Å²) >= 11 is 0. The van der Waals surface area contributed by atoms with Gasteiger partial charge in [0, 0.05) is 12.2 Å². The van der Waals surface area contributed by atoms with Gasteiger partial charge in [0.15, 0.2) is 0 Å². The van der Waals surface area contributed by atoms with Gasteiger partial charge in [-0.15, -0.1) is 0 Å². The predicted octanol–water partition coefficient (Wildman–Crippen LogP) is 6.13. The molecule has 4 rings (SSSR count). The largest absolute Gasteiger partial charge is 0.490 e. The van der Waals surface area contributed by atoms with Crippen LogP contribution in [0, 0.1) is 23.7 Å². The number of fused-ring (bicyclic) bond motifs is 5. The normalized spacial score (nSPS) is 27.8. The summed E-state index contributed by atoms with van der Waals surface area (Å²) in [4.78, 5) is 24.4. The molecule has 192 valence electrons. The zero-order chi connectivity index (χ0) is 25.4. The van der Waals surface area contributed by atoms with E-state index in [0.717, 1.165) is 41.6 Å². The van der Waals surface area contributed by atoms with Crippen molar-refractivity contribution in [2.24, 2.45) is 23.7 Å². The van der Waals surface area contributed by atoms with Crippen LogP contribution in [0.4, 0.5) is 0 Å².